The molecule has 1 heterocycles. The standard InChI is InChI=1S/C18H24N4OS/c1-12(2)16-19-20-18(22(16)14-10-11-14)24-15(17(23)21(3)4)13-8-6-5-7-9-13/h5-9,12,14-15H,10-11H2,1-4H3/t15-/m1/s1. The molecule has 1 atom stereocenters. The quantitative estimate of drug-likeness (QED) is 0.751. The first kappa shape index (κ1) is 17.0. The Labute approximate surface area is 147 Å². The predicted octanol–water partition coefficient (Wildman–Crippen LogP) is 3.66. The van der Waals surface area contributed by atoms with Crippen molar-refractivity contribution in [3.63, 3.8) is 0 Å². The maximum Gasteiger partial charge on any atom is 0.240 e. The summed E-state index contributed by atoms with van der Waals surface area (Å²) in [6.07, 6.45) is 2.34. The Morgan fingerprint density at radius 3 is 2.42 bits per heavy atom. The lowest BCUT2D eigenvalue weighted by Crippen LogP contribution is -2.27. The number of benzene rings is 1. The van der Waals surface area contributed by atoms with E-state index in [1.54, 1.807) is 19.0 Å². The summed E-state index contributed by atoms with van der Waals surface area (Å²) < 4.78 is 2.24. The highest BCUT2D eigenvalue weighted by molar-refractivity contribution is 8.00. The zero-order valence-corrected chi connectivity index (χ0v) is 15.5. The molecule has 6 heteroatoms. The van der Waals surface area contributed by atoms with Crippen LogP contribution in [0, 0.1) is 0 Å². The molecule has 0 N–H and O–H groups in total. The number of carbonyl (C=O) groups is 1. The summed E-state index contributed by atoms with van der Waals surface area (Å²) in [6, 6.07) is 10.4. The first-order valence-electron chi connectivity index (χ1n) is 8.36. The van der Waals surface area contributed by atoms with E-state index >= 15 is 0 Å². The van der Waals surface area contributed by atoms with Gasteiger partial charge in [-0.2, -0.15) is 0 Å². The number of likely N-dealkylation sites (N-methyl/N-ethyl adjacent to an activating group) is 1. The second-order valence-electron chi connectivity index (χ2n) is 6.74. The molecule has 1 aliphatic carbocycles. The van der Waals surface area contributed by atoms with Crippen molar-refractivity contribution in [2.24, 2.45) is 0 Å². The zero-order chi connectivity index (χ0) is 17.3. The maximum atomic E-state index is 12.7. The van der Waals surface area contributed by atoms with Crippen molar-refractivity contribution in [2.75, 3.05) is 14.1 Å². The van der Waals surface area contributed by atoms with Gasteiger partial charge in [0.25, 0.3) is 0 Å². The van der Waals surface area contributed by atoms with Crippen LogP contribution in [0.15, 0.2) is 35.5 Å². The molecule has 0 saturated heterocycles. The molecule has 1 aromatic heterocycles. The SMILES string of the molecule is CC(C)c1nnc(S[C@@H](C(=O)N(C)C)c2ccccc2)n1C1CC1. The van der Waals surface area contributed by atoms with E-state index in [0.29, 0.717) is 12.0 Å². The van der Waals surface area contributed by atoms with Gasteiger partial charge in [0.1, 0.15) is 11.1 Å². The van der Waals surface area contributed by atoms with E-state index in [1.165, 1.54) is 24.6 Å². The number of nitrogens with zero attached hydrogens (tertiary/aromatic N) is 4. The van der Waals surface area contributed by atoms with Crippen molar-refractivity contribution < 1.29 is 4.79 Å². The lowest BCUT2D eigenvalue weighted by molar-refractivity contribution is -0.128. The van der Waals surface area contributed by atoms with E-state index in [2.05, 4.69) is 28.6 Å². The molecule has 1 aromatic carbocycles. The van der Waals surface area contributed by atoms with Crippen molar-refractivity contribution in [1.82, 2.24) is 19.7 Å². The Balaban J connectivity index is 1.95. The van der Waals surface area contributed by atoms with E-state index in [9.17, 15) is 4.79 Å². The number of thioether (sulfide) groups is 1. The summed E-state index contributed by atoms with van der Waals surface area (Å²) in [4.78, 5) is 14.4. The Morgan fingerprint density at radius 2 is 1.88 bits per heavy atom. The molecule has 0 aliphatic heterocycles. The van der Waals surface area contributed by atoms with E-state index in [0.717, 1.165) is 16.5 Å². The second-order valence-corrected chi connectivity index (χ2v) is 7.81. The van der Waals surface area contributed by atoms with Crippen LogP contribution in [0.4, 0.5) is 0 Å². The van der Waals surface area contributed by atoms with Crippen LogP contribution < -0.4 is 0 Å². The Kier molecular flexibility index (Phi) is 4.94. The molecule has 0 spiro atoms. The fourth-order valence-corrected chi connectivity index (χ4v) is 3.93. The molecule has 1 fully saturated rings. The van der Waals surface area contributed by atoms with Crippen molar-refractivity contribution in [3.05, 3.63) is 41.7 Å². The molecule has 1 aliphatic rings. The van der Waals surface area contributed by atoms with E-state index in [4.69, 9.17) is 0 Å². The van der Waals surface area contributed by atoms with Gasteiger partial charge in [0.2, 0.25) is 5.91 Å². The Morgan fingerprint density at radius 1 is 1.21 bits per heavy atom. The van der Waals surface area contributed by atoms with E-state index in [-0.39, 0.29) is 11.2 Å². The molecule has 0 radical (unpaired) electrons. The lowest BCUT2D eigenvalue weighted by Gasteiger charge is -2.20. The number of hydrogen-bond donors (Lipinski definition) is 0. The summed E-state index contributed by atoms with van der Waals surface area (Å²) in [5.74, 6) is 1.42. The van der Waals surface area contributed by atoms with Crippen LogP contribution in [0.3, 0.4) is 0 Å². The number of rotatable bonds is 6. The van der Waals surface area contributed by atoms with Gasteiger partial charge in [0, 0.05) is 26.1 Å². The molecule has 5 nitrogen and oxygen atoms in total. The first-order valence-corrected chi connectivity index (χ1v) is 9.24. The van der Waals surface area contributed by atoms with Crippen LogP contribution in [-0.2, 0) is 4.79 Å². The van der Waals surface area contributed by atoms with Gasteiger partial charge >= 0.3 is 0 Å². The van der Waals surface area contributed by atoms with Gasteiger partial charge in [-0.05, 0) is 18.4 Å². The molecule has 0 unspecified atom stereocenters. The van der Waals surface area contributed by atoms with Gasteiger partial charge in [-0.25, -0.2) is 0 Å². The summed E-state index contributed by atoms with van der Waals surface area (Å²) in [5, 5.41) is 9.36. The van der Waals surface area contributed by atoms with Gasteiger partial charge < -0.3 is 9.47 Å². The van der Waals surface area contributed by atoms with Crippen LogP contribution in [0.25, 0.3) is 0 Å². The molecule has 24 heavy (non-hydrogen) atoms. The van der Waals surface area contributed by atoms with Crippen LogP contribution >= 0.6 is 11.8 Å². The molecule has 2 aromatic rings. The van der Waals surface area contributed by atoms with Crippen molar-refractivity contribution in [1.29, 1.82) is 0 Å². The smallest absolute Gasteiger partial charge is 0.240 e. The van der Waals surface area contributed by atoms with Crippen LogP contribution in [0.2, 0.25) is 0 Å². The number of carbonyl (C=O) groups excluding carboxylic acids is 1. The molecule has 3 rings (SSSR count). The van der Waals surface area contributed by atoms with E-state index < -0.39 is 0 Å². The third-order valence-corrected chi connectivity index (χ3v) is 5.31. The molecule has 128 valence electrons. The van der Waals surface area contributed by atoms with Crippen LogP contribution in [-0.4, -0.2) is 39.7 Å². The monoisotopic (exact) mass is 344 g/mol. The highest BCUT2D eigenvalue weighted by Crippen LogP contribution is 2.43. The summed E-state index contributed by atoms with van der Waals surface area (Å²) in [5.41, 5.74) is 0.998. The molecular formula is C18H24N4OS. The average molecular weight is 344 g/mol. The van der Waals surface area contributed by atoms with Gasteiger partial charge in [-0.15, -0.1) is 10.2 Å². The minimum atomic E-state index is -0.303. The Bertz CT molecular complexity index is 707. The maximum absolute atomic E-state index is 12.7. The van der Waals surface area contributed by atoms with Gasteiger partial charge in [-0.1, -0.05) is 55.9 Å². The van der Waals surface area contributed by atoms with Gasteiger partial charge in [-0.3, -0.25) is 4.79 Å². The highest BCUT2D eigenvalue weighted by atomic mass is 32.2. The number of aromatic nitrogens is 3. The van der Waals surface area contributed by atoms with E-state index in [1.807, 2.05) is 30.3 Å². The first-order chi connectivity index (χ1) is 11.5. The topological polar surface area (TPSA) is 51.0 Å². The fourth-order valence-electron chi connectivity index (χ4n) is 2.67. The average Bonchev–Trinajstić information content (AvgIpc) is 3.32. The van der Waals surface area contributed by atoms with Crippen molar-refractivity contribution in [3.8, 4) is 0 Å². The lowest BCUT2D eigenvalue weighted by atomic mass is 10.1. The fraction of sp³-hybridized carbons (Fsp3) is 0.500. The summed E-state index contributed by atoms with van der Waals surface area (Å²) >= 11 is 1.51. The van der Waals surface area contributed by atoms with Gasteiger partial charge in [0.15, 0.2) is 5.16 Å². The largest absolute Gasteiger partial charge is 0.348 e. The number of amides is 1. The normalized spacial score (nSPS) is 15.5. The molecule has 1 saturated carbocycles. The van der Waals surface area contributed by atoms with Crippen LogP contribution in [0.1, 0.15) is 55.3 Å². The second kappa shape index (κ2) is 6.97. The zero-order valence-electron chi connectivity index (χ0n) is 14.6. The molecule has 1 amide bonds. The Hall–Kier alpha value is -1.82. The van der Waals surface area contributed by atoms with Crippen molar-refractivity contribution >= 4 is 17.7 Å². The van der Waals surface area contributed by atoms with Crippen LogP contribution in [0.5, 0.6) is 0 Å². The molecule has 0 bridgehead atoms. The summed E-state index contributed by atoms with van der Waals surface area (Å²) in [6.45, 7) is 4.27. The highest BCUT2D eigenvalue weighted by Gasteiger charge is 2.33. The third kappa shape index (κ3) is 3.48. The minimum absolute atomic E-state index is 0.0719. The minimum Gasteiger partial charge on any atom is -0.348 e. The van der Waals surface area contributed by atoms with Crippen molar-refractivity contribution in [2.45, 2.75) is 49.1 Å². The number of hydrogen-bond acceptors (Lipinski definition) is 4. The van der Waals surface area contributed by atoms with Gasteiger partial charge in [0.05, 0.1) is 0 Å². The molecular weight excluding hydrogens is 320 g/mol. The predicted molar refractivity (Wildman–Crippen MR) is 96.1 cm³/mol. The summed E-state index contributed by atoms with van der Waals surface area (Å²) in [7, 11) is 3.59. The third-order valence-electron chi connectivity index (χ3n) is 4.11.